The van der Waals surface area contributed by atoms with E-state index in [0.717, 1.165) is 11.8 Å². The Morgan fingerprint density at radius 2 is 2.04 bits per heavy atom. The zero-order valence-corrected chi connectivity index (χ0v) is 17.9. The lowest BCUT2D eigenvalue weighted by Gasteiger charge is -2.31. The predicted octanol–water partition coefficient (Wildman–Crippen LogP) is 5.41. The molecular formula is C23H42N2. The Balaban J connectivity index is 2.23. The summed E-state index contributed by atoms with van der Waals surface area (Å²) in [6.07, 6.45) is 12.7. The summed E-state index contributed by atoms with van der Waals surface area (Å²) in [5.41, 5.74) is 3.68. The van der Waals surface area contributed by atoms with Crippen molar-refractivity contribution in [2.24, 2.45) is 17.8 Å². The first-order valence-electron chi connectivity index (χ1n) is 10.6. The van der Waals surface area contributed by atoms with Gasteiger partial charge in [-0.05, 0) is 70.9 Å². The topological polar surface area (TPSA) is 15.3 Å². The van der Waals surface area contributed by atoms with Gasteiger partial charge in [-0.15, -0.1) is 0 Å². The number of fused-ring (bicyclic) bond motifs is 1. The second-order valence-corrected chi connectivity index (χ2v) is 9.25. The van der Waals surface area contributed by atoms with Crippen molar-refractivity contribution in [3.05, 3.63) is 23.3 Å². The summed E-state index contributed by atoms with van der Waals surface area (Å²) < 4.78 is 0. The molecule has 1 heterocycles. The van der Waals surface area contributed by atoms with Gasteiger partial charge in [-0.1, -0.05) is 57.4 Å². The van der Waals surface area contributed by atoms with E-state index in [0.29, 0.717) is 17.5 Å². The first-order valence-corrected chi connectivity index (χ1v) is 10.6. The van der Waals surface area contributed by atoms with Gasteiger partial charge >= 0.3 is 0 Å². The molecule has 0 aromatic rings. The molecule has 2 rings (SSSR count). The van der Waals surface area contributed by atoms with Crippen LogP contribution in [0.25, 0.3) is 0 Å². The first-order chi connectivity index (χ1) is 11.8. The Morgan fingerprint density at radius 1 is 1.32 bits per heavy atom. The van der Waals surface area contributed by atoms with Crippen molar-refractivity contribution in [1.82, 2.24) is 10.2 Å². The van der Waals surface area contributed by atoms with Gasteiger partial charge in [0.05, 0.1) is 0 Å². The van der Waals surface area contributed by atoms with E-state index in [1.807, 2.05) is 0 Å². The van der Waals surface area contributed by atoms with Crippen LogP contribution in [-0.2, 0) is 0 Å². The molecule has 2 aliphatic rings. The Labute approximate surface area is 157 Å². The number of likely N-dealkylation sites (N-methyl/N-ethyl adjacent to an activating group) is 1. The standard InChI is InChI=1S/C23H42N2/c1-8-18(4)13-19(5)22-15-20(10-9-17(2)3)14-21-16-23(21,24-6)11-12-25(22)7/h10,13,17-18,21-22,24H,8-9,11-12,14-16H2,1-7H3/b19-13-,20-10-/t18-,21?,22?,23?/m1/s1. The molecule has 144 valence electrons. The van der Waals surface area contributed by atoms with Crippen LogP contribution in [0.3, 0.4) is 0 Å². The Hall–Kier alpha value is -0.600. The van der Waals surface area contributed by atoms with Crippen molar-refractivity contribution in [2.45, 2.75) is 84.7 Å². The van der Waals surface area contributed by atoms with E-state index in [2.05, 4.69) is 71.1 Å². The number of hydrogen-bond donors (Lipinski definition) is 1. The lowest BCUT2D eigenvalue weighted by molar-refractivity contribution is 0.251. The Kier molecular flexibility index (Phi) is 7.34. The molecule has 1 aliphatic carbocycles. The maximum absolute atomic E-state index is 3.67. The molecule has 0 aromatic heterocycles. The third-order valence-electron chi connectivity index (χ3n) is 6.73. The zero-order chi connectivity index (χ0) is 18.6. The normalized spacial score (nSPS) is 34.4. The fraction of sp³-hybridized carbons (Fsp3) is 0.826. The number of allylic oxidation sites excluding steroid dienone is 2. The first kappa shape index (κ1) is 20.7. The fourth-order valence-electron chi connectivity index (χ4n) is 4.48. The summed E-state index contributed by atoms with van der Waals surface area (Å²) in [5, 5.41) is 3.67. The lowest BCUT2D eigenvalue weighted by atomic mass is 9.91. The van der Waals surface area contributed by atoms with Gasteiger partial charge in [-0.2, -0.15) is 0 Å². The lowest BCUT2D eigenvalue weighted by Crippen LogP contribution is -2.38. The van der Waals surface area contributed by atoms with Gasteiger partial charge in [0.2, 0.25) is 0 Å². The van der Waals surface area contributed by atoms with Crippen LogP contribution in [-0.4, -0.2) is 37.1 Å². The minimum atomic E-state index is 0.411. The van der Waals surface area contributed by atoms with Gasteiger partial charge in [-0.3, -0.25) is 4.90 Å². The summed E-state index contributed by atoms with van der Waals surface area (Å²) in [6, 6.07) is 0.568. The quantitative estimate of drug-likeness (QED) is 0.647. The molecular weight excluding hydrogens is 304 g/mol. The molecule has 0 amide bonds. The molecule has 1 saturated carbocycles. The van der Waals surface area contributed by atoms with Crippen LogP contribution in [0.15, 0.2) is 23.3 Å². The molecule has 1 aliphatic heterocycles. The Bertz CT molecular complexity index is 490. The van der Waals surface area contributed by atoms with Crippen molar-refractivity contribution in [1.29, 1.82) is 0 Å². The van der Waals surface area contributed by atoms with Crippen molar-refractivity contribution in [3.8, 4) is 0 Å². The molecule has 0 bridgehead atoms. The second kappa shape index (κ2) is 8.86. The van der Waals surface area contributed by atoms with E-state index in [-0.39, 0.29) is 0 Å². The van der Waals surface area contributed by atoms with Gasteiger partial charge in [-0.25, -0.2) is 0 Å². The monoisotopic (exact) mass is 346 g/mol. The van der Waals surface area contributed by atoms with Crippen LogP contribution in [0.2, 0.25) is 0 Å². The van der Waals surface area contributed by atoms with Crippen LogP contribution in [0.5, 0.6) is 0 Å². The minimum Gasteiger partial charge on any atom is -0.314 e. The molecule has 0 aromatic carbocycles. The zero-order valence-electron chi connectivity index (χ0n) is 17.9. The smallest absolute Gasteiger partial charge is 0.0339 e. The molecule has 2 fully saturated rings. The third kappa shape index (κ3) is 5.44. The second-order valence-electron chi connectivity index (χ2n) is 9.25. The van der Waals surface area contributed by atoms with E-state index >= 15 is 0 Å². The average molecular weight is 347 g/mol. The number of rotatable bonds is 6. The molecule has 0 spiro atoms. The van der Waals surface area contributed by atoms with E-state index in [1.54, 1.807) is 11.1 Å². The van der Waals surface area contributed by atoms with Crippen LogP contribution in [0.4, 0.5) is 0 Å². The SMILES string of the molecule is CC[C@@H](C)/C=C(/C)C1C/C(=C\CC(C)C)CC2CC2(NC)CCN1C. The molecule has 2 heteroatoms. The average Bonchev–Trinajstić information content (AvgIpc) is 3.26. The highest BCUT2D eigenvalue weighted by atomic mass is 15.1. The van der Waals surface area contributed by atoms with Crippen LogP contribution < -0.4 is 5.32 Å². The minimum absolute atomic E-state index is 0.411. The highest BCUT2D eigenvalue weighted by molar-refractivity contribution is 5.22. The third-order valence-corrected chi connectivity index (χ3v) is 6.73. The van der Waals surface area contributed by atoms with Crippen molar-refractivity contribution >= 4 is 0 Å². The van der Waals surface area contributed by atoms with Crippen LogP contribution >= 0.6 is 0 Å². The van der Waals surface area contributed by atoms with Gasteiger partial charge in [0.25, 0.3) is 0 Å². The number of nitrogens with one attached hydrogen (secondary N) is 1. The summed E-state index contributed by atoms with van der Waals surface area (Å²) in [4.78, 5) is 2.62. The largest absolute Gasteiger partial charge is 0.314 e. The van der Waals surface area contributed by atoms with Gasteiger partial charge in [0.1, 0.15) is 0 Å². The molecule has 0 radical (unpaired) electrons. The van der Waals surface area contributed by atoms with Gasteiger partial charge < -0.3 is 5.32 Å². The summed E-state index contributed by atoms with van der Waals surface area (Å²) in [5.74, 6) is 2.28. The summed E-state index contributed by atoms with van der Waals surface area (Å²) in [7, 11) is 4.51. The van der Waals surface area contributed by atoms with Crippen molar-refractivity contribution < 1.29 is 0 Å². The van der Waals surface area contributed by atoms with Crippen molar-refractivity contribution in [2.75, 3.05) is 20.6 Å². The molecule has 1 saturated heterocycles. The van der Waals surface area contributed by atoms with E-state index in [1.165, 1.54) is 45.1 Å². The van der Waals surface area contributed by atoms with Gasteiger partial charge in [0.15, 0.2) is 0 Å². The summed E-state index contributed by atoms with van der Waals surface area (Å²) >= 11 is 0. The Morgan fingerprint density at radius 3 is 2.64 bits per heavy atom. The number of nitrogens with zero attached hydrogens (tertiary/aromatic N) is 1. The van der Waals surface area contributed by atoms with Gasteiger partial charge in [0, 0.05) is 18.1 Å². The van der Waals surface area contributed by atoms with Crippen molar-refractivity contribution in [3.63, 3.8) is 0 Å². The number of hydrogen-bond acceptors (Lipinski definition) is 2. The fourth-order valence-corrected chi connectivity index (χ4v) is 4.48. The maximum Gasteiger partial charge on any atom is 0.0339 e. The molecule has 4 atom stereocenters. The van der Waals surface area contributed by atoms with Crippen LogP contribution in [0.1, 0.15) is 73.1 Å². The molecule has 3 unspecified atom stereocenters. The predicted molar refractivity (Wildman–Crippen MR) is 111 cm³/mol. The molecule has 2 nitrogen and oxygen atoms in total. The highest BCUT2D eigenvalue weighted by Gasteiger charge is 2.52. The van der Waals surface area contributed by atoms with E-state index < -0.39 is 0 Å². The summed E-state index contributed by atoms with van der Waals surface area (Å²) in [6.45, 7) is 12.9. The molecule has 25 heavy (non-hydrogen) atoms. The highest BCUT2D eigenvalue weighted by Crippen LogP contribution is 2.51. The maximum atomic E-state index is 3.67. The molecule has 1 N–H and O–H groups in total. The van der Waals surface area contributed by atoms with Crippen LogP contribution in [0, 0.1) is 17.8 Å². The van der Waals surface area contributed by atoms with E-state index in [9.17, 15) is 0 Å². The van der Waals surface area contributed by atoms with E-state index in [4.69, 9.17) is 0 Å².